The van der Waals surface area contributed by atoms with E-state index >= 15 is 0 Å². The zero-order valence-corrected chi connectivity index (χ0v) is 18.5. The largest absolute Gasteiger partial charge is 0.414 e. The number of ether oxygens (including phenoxy) is 1. The van der Waals surface area contributed by atoms with Crippen molar-refractivity contribution in [3.8, 4) is 5.75 Å². The van der Waals surface area contributed by atoms with Crippen LogP contribution in [0.3, 0.4) is 0 Å². The van der Waals surface area contributed by atoms with Gasteiger partial charge in [-0.15, -0.1) is 0 Å². The molecule has 0 aliphatic carbocycles. The van der Waals surface area contributed by atoms with Gasteiger partial charge < -0.3 is 9.64 Å². The van der Waals surface area contributed by atoms with Crippen molar-refractivity contribution >= 4 is 46.4 Å². The van der Waals surface area contributed by atoms with E-state index < -0.39 is 6.09 Å². The van der Waals surface area contributed by atoms with Crippen molar-refractivity contribution in [3.63, 3.8) is 0 Å². The number of amides is 2. The number of hydrogen-bond acceptors (Lipinski definition) is 5. The van der Waals surface area contributed by atoms with Gasteiger partial charge >= 0.3 is 6.09 Å². The smallest absolute Gasteiger partial charge is 0.410 e. The summed E-state index contributed by atoms with van der Waals surface area (Å²) in [7, 11) is 3.24. The van der Waals surface area contributed by atoms with Gasteiger partial charge in [-0.05, 0) is 59.8 Å². The van der Waals surface area contributed by atoms with Gasteiger partial charge in [-0.25, -0.2) is 9.79 Å². The maximum absolute atomic E-state index is 13.3. The van der Waals surface area contributed by atoms with Crippen LogP contribution in [0.5, 0.6) is 5.75 Å². The second-order valence-corrected chi connectivity index (χ2v) is 8.16. The molecule has 0 spiro atoms. The summed E-state index contributed by atoms with van der Waals surface area (Å²) in [6, 6.07) is 26.0. The van der Waals surface area contributed by atoms with E-state index in [-0.39, 0.29) is 5.91 Å². The lowest BCUT2D eigenvalue weighted by Crippen LogP contribution is -2.28. The Balaban J connectivity index is 1.63. The molecular weight excluding hydrogens is 422 g/mol. The maximum atomic E-state index is 13.3. The van der Waals surface area contributed by atoms with Crippen LogP contribution in [0.2, 0.25) is 0 Å². The number of hydrogen-bond donors (Lipinski definition) is 0. The van der Waals surface area contributed by atoms with Crippen LogP contribution in [0.4, 0.5) is 16.2 Å². The minimum absolute atomic E-state index is 0.140. The number of nitrogens with zero attached hydrogens (tertiary/aromatic N) is 3. The van der Waals surface area contributed by atoms with Crippen LogP contribution in [-0.4, -0.2) is 36.2 Å². The first kappa shape index (κ1) is 21.4. The van der Waals surface area contributed by atoms with Gasteiger partial charge in [0.25, 0.3) is 5.91 Å². The van der Waals surface area contributed by atoms with E-state index in [0.717, 1.165) is 16.9 Å². The Morgan fingerprint density at radius 3 is 2.19 bits per heavy atom. The Bertz CT molecular complexity index is 1170. The number of carbonyl (C=O) groups excluding carboxylic acids is 2. The molecule has 3 aromatic rings. The summed E-state index contributed by atoms with van der Waals surface area (Å²) in [5.41, 5.74) is 2.35. The molecule has 1 fully saturated rings. The zero-order valence-electron chi connectivity index (χ0n) is 17.6. The maximum Gasteiger partial charge on any atom is 0.414 e. The van der Waals surface area contributed by atoms with Crippen molar-refractivity contribution in [2.24, 2.45) is 4.99 Å². The number of amidine groups is 1. The zero-order chi connectivity index (χ0) is 22.5. The predicted octanol–water partition coefficient (Wildman–Crippen LogP) is 5.56. The first-order chi connectivity index (χ1) is 15.5. The van der Waals surface area contributed by atoms with Gasteiger partial charge in [0.2, 0.25) is 0 Å². The molecule has 4 rings (SSSR count). The van der Waals surface area contributed by atoms with E-state index in [0.29, 0.717) is 15.8 Å². The summed E-state index contributed by atoms with van der Waals surface area (Å²) in [5.74, 6) is 0.299. The Kier molecular flexibility index (Phi) is 6.37. The van der Waals surface area contributed by atoms with Crippen molar-refractivity contribution in [1.29, 1.82) is 0 Å². The number of para-hydroxylation sites is 2. The summed E-state index contributed by atoms with van der Waals surface area (Å²) in [4.78, 5) is 33.2. The molecule has 1 heterocycles. The predicted molar refractivity (Wildman–Crippen MR) is 129 cm³/mol. The lowest BCUT2D eigenvalue weighted by molar-refractivity contribution is -0.113. The minimum atomic E-state index is -0.446. The molecule has 1 saturated heterocycles. The molecule has 0 aromatic heterocycles. The third-order valence-electron chi connectivity index (χ3n) is 4.55. The van der Waals surface area contributed by atoms with E-state index in [1.54, 1.807) is 43.3 Å². The molecule has 0 atom stereocenters. The highest BCUT2D eigenvalue weighted by Gasteiger charge is 2.34. The van der Waals surface area contributed by atoms with Crippen molar-refractivity contribution in [3.05, 3.63) is 95.4 Å². The highest BCUT2D eigenvalue weighted by atomic mass is 32.2. The molecule has 1 aliphatic heterocycles. The van der Waals surface area contributed by atoms with E-state index in [1.807, 2.05) is 66.7 Å². The van der Waals surface area contributed by atoms with Crippen molar-refractivity contribution in [1.82, 2.24) is 4.90 Å². The quantitative estimate of drug-likeness (QED) is 0.496. The number of anilines is 1. The highest BCUT2D eigenvalue weighted by Crippen LogP contribution is 2.37. The Morgan fingerprint density at radius 2 is 1.56 bits per heavy atom. The third kappa shape index (κ3) is 4.90. The number of thioether (sulfide) groups is 1. The van der Waals surface area contributed by atoms with Crippen LogP contribution in [0.1, 0.15) is 5.56 Å². The molecule has 6 nitrogen and oxygen atoms in total. The molecule has 0 unspecified atom stereocenters. The lowest BCUT2D eigenvalue weighted by atomic mass is 10.2. The van der Waals surface area contributed by atoms with Crippen LogP contribution in [0.15, 0.2) is 94.8 Å². The van der Waals surface area contributed by atoms with Crippen LogP contribution in [0.25, 0.3) is 6.08 Å². The van der Waals surface area contributed by atoms with Crippen LogP contribution in [-0.2, 0) is 4.79 Å². The summed E-state index contributed by atoms with van der Waals surface area (Å²) in [6.07, 6.45) is 1.37. The highest BCUT2D eigenvalue weighted by molar-refractivity contribution is 8.19. The average molecular weight is 444 g/mol. The summed E-state index contributed by atoms with van der Waals surface area (Å²) >= 11 is 1.33. The van der Waals surface area contributed by atoms with Crippen molar-refractivity contribution < 1.29 is 14.3 Å². The molecule has 1 aliphatic rings. The molecule has 0 N–H and O–H groups in total. The van der Waals surface area contributed by atoms with Crippen molar-refractivity contribution in [2.45, 2.75) is 0 Å². The first-order valence-corrected chi connectivity index (χ1v) is 10.7. The molecule has 7 heteroatoms. The fraction of sp³-hybridized carbons (Fsp3) is 0.0800. The van der Waals surface area contributed by atoms with Gasteiger partial charge in [0.1, 0.15) is 5.75 Å². The molecule has 3 aromatic carbocycles. The average Bonchev–Trinajstić information content (AvgIpc) is 3.10. The van der Waals surface area contributed by atoms with E-state index in [4.69, 9.17) is 9.73 Å². The standard InChI is InChI=1S/C25H21N3O3S/c1-27(2)25(30)31-21-15-13-18(14-16-21)17-22-23(29)28(20-11-7-4-8-12-20)24(32-22)26-19-9-5-3-6-10-19/h3-17H,1-2H3/b22-17-,26-24?. The number of carbonyl (C=O) groups is 2. The molecule has 0 saturated carbocycles. The Hall–Kier alpha value is -3.84. The summed E-state index contributed by atoms with van der Waals surface area (Å²) in [6.45, 7) is 0. The second-order valence-electron chi connectivity index (χ2n) is 7.15. The molecular formula is C25H21N3O3S. The van der Waals surface area contributed by atoms with E-state index in [9.17, 15) is 9.59 Å². The number of rotatable bonds is 4. The van der Waals surface area contributed by atoms with Crippen LogP contribution < -0.4 is 9.64 Å². The number of aliphatic imine (C=N–C) groups is 1. The molecule has 32 heavy (non-hydrogen) atoms. The fourth-order valence-electron chi connectivity index (χ4n) is 2.94. The van der Waals surface area contributed by atoms with Gasteiger partial charge in [-0.2, -0.15) is 0 Å². The third-order valence-corrected chi connectivity index (χ3v) is 5.52. The summed E-state index contributed by atoms with van der Waals surface area (Å²) in [5, 5.41) is 0.593. The molecule has 0 radical (unpaired) electrons. The summed E-state index contributed by atoms with van der Waals surface area (Å²) < 4.78 is 5.25. The SMILES string of the molecule is CN(C)C(=O)Oc1ccc(/C=C2\SC(=Nc3ccccc3)N(c3ccccc3)C2=O)cc1. The Morgan fingerprint density at radius 1 is 0.938 bits per heavy atom. The van der Waals surface area contributed by atoms with Gasteiger partial charge in [-0.1, -0.05) is 48.5 Å². The van der Waals surface area contributed by atoms with Crippen LogP contribution in [0, 0.1) is 0 Å². The number of benzene rings is 3. The van der Waals surface area contributed by atoms with Gasteiger partial charge in [-0.3, -0.25) is 9.69 Å². The van der Waals surface area contributed by atoms with Gasteiger partial charge in [0.15, 0.2) is 5.17 Å². The fourth-order valence-corrected chi connectivity index (χ4v) is 3.94. The lowest BCUT2D eigenvalue weighted by Gasteiger charge is -2.15. The monoisotopic (exact) mass is 443 g/mol. The van der Waals surface area contributed by atoms with E-state index in [1.165, 1.54) is 16.7 Å². The Labute approximate surface area is 190 Å². The molecule has 160 valence electrons. The topological polar surface area (TPSA) is 62.2 Å². The molecule has 0 bridgehead atoms. The van der Waals surface area contributed by atoms with Gasteiger partial charge in [0, 0.05) is 14.1 Å². The van der Waals surface area contributed by atoms with Crippen molar-refractivity contribution in [2.75, 3.05) is 19.0 Å². The molecule has 2 amide bonds. The normalized spacial score (nSPS) is 15.9. The first-order valence-electron chi connectivity index (χ1n) is 9.93. The van der Waals surface area contributed by atoms with E-state index in [2.05, 4.69) is 0 Å². The van der Waals surface area contributed by atoms with Gasteiger partial charge in [0.05, 0.1) is 16.3 Å². The second kappa shape index (κ2) is 9.53. The van der Waals surface area contributed by atoms with Crippen LogP contribution >= 0.6 is 11.8 Å². The minimum Gasteiger partial charge on any atom is -0.410 e.